The second-order valence-corrected chi connectivity index (χ2v) is 7.18. The summed E-state index contributed by atoms with van der Waals surface area (Å²) in [6.45, 7) is 8.07. The maximum absolute atomic E-state index is 12.0. The van der Waals surface area contributed by atoms with Gasteiger partial charge < -0.3 is 24.4 Å². The Hall–Kier alpha value is -2.73. The third-order valence-corrected chi connectivity index (χ3v) is 5.05. The zero-order chi connectivity index (χ0) is 21.2. The molecule has 0 fully saturated rings. The first-order chi connectivity index (χ1) is 14.7. The van der Waals surface area contributed by atoms with Gasteiger partial charge in [0, 0.05) is 31.8 Å². The summed E-state index contributed by atoms with van der Waals surface area (Å²) in [5, 5.41) is 3.48. The molecule has 1 aliphatic rings. The molecule has 1 aliphatic heterocycles. The molecule has 30 heavy (non-hydrogen) atoms. The number of fused-ring (bicyclic) bond motifs is 1. The average molecular weight is 413 g/mol. The lowest BCUT2D eigenvalue weighted by molar-refractivity contribution is -0.156. The molecular weight excluding hydrogens is 380 g/mol. The number of carbonyl (C=O) groups is 1. The van der Waals surface area contributed by atoms with Gasteiger partial charge >= 0.3 is 5.97 Å². The second kappa shape index (κ2) is 11.5. The Bertz CT molecular complexity index is 794. The van der Waals surface area contributed by atoms with E-state index in [0.29, 0.717) is 19.6 Å². The summed E-state index contributed by atoms with van der Waals surface area (Å²) in [7, 11) is 0. The van der Waals surface area contributed by atoms with Gasteiger partial charge in [-0.3, -0.25) is 0 Å². The number of hydrogen-bond donors (Lipinski definition) is 1. The van der Waals surface area contributed by atoms with Gasteiger partial charge in [0.25, 0.3) is 0 Å². The highest BCUT2D eigenvalue weighted by molar-refractivity contribution is 5.75. The van der Waals surface area contributed by atoms with Gasteiger partial charge in [-0.15, -0.1) is 0 Å². The summed E-state index contributed by atoms with van der Waals surface area (Å²) in [5.41, 5.74) is 3.31. The zero-order valence-corrected chi connectivity index (χ0v) is 17.9. The van der Waals surface area contributed by atoms with E-state index in [4.69, 9.17) is 14.2 Å². The molecule has 1 heterocycles. The van der Waals surface area contributed by atoms with Crippen molar-refractivity contribution in [3.05, 3.63) is 54.1 Å². The van der Waals surface area contributed by atoms with Crippen LogP contribution in [0.25, 0.3) is 0 Å². The van der Waals surface area contributed by atoms with Crippen LogP contribution in [-0.4, -0.2) is 51.5 Å². The molecule has 0 radical (unpaired) electrons. The molecule has 0 aromatic heterocycles. The Morgan fingerprint density at radius 1 is 1.13 bits per heavy atom. The molecule has 0 saturated carbocycles. The van der Waals surface area contributed by atoms with E-state index in [1.807, 2.05) is 43.3 Å². The SMILES string of the molecule is CCOC(=O)C(Cc1ccc(NCCCN2CCOc3ccccc32)cc1)OCC. The van der Waals surface area contributed by atoms with Crippen LogP contribution in [0.4, 0.5) is 11.4 Å². The minimum Gasteiger partial charge on any atom is -0.490 e. The molecule has 6 heteroatoms. The number of carbonyl (C=O) groups excluding carboxylic acids is 1. The number of anilines is 2. The predicted molar refractivity (Wildman–Crippen MR) is 119 cm³/mol. The molecule has 0 amide bonds. The summed E-state index contributed by atoms with van der Waals surface area (Å²) in [5.74, 6) is 0.673. The normalized spacial score (nSPS) is 13.9. The van der Waals surface area contributed by atoms with Crippen molar-refractivity contribution in [2.75, 3.05) is 49.7 Å². The van der Waals surface area contributed by atoms with Crippen LogP contribution in [-0.2, 0) is 20.7 Å². The first-order valence-corrected chi connectivity index (χ1v) is 10.8. The van der Waals surface area contributed by atoms with Crippen LogP contribution in [0.1, 0.15) is 25.8 Å². The Kier molecular flexibility index (Phi) is 8.39. The van der Waals surface area contributed by atoms with Crippen LogP contribution < -0.4 is 15.0 Å². The number of para-hydroxylation sites is 2. The number of ether oxygens (including phenoxy) is 3. The van der Waals surface area contributed by atoms with Crippen LogP contribution >= 0.6 is 0 Å². The quantitative estimate of drug-likeness (QED) is 0.446. The van der Waals surface area contributed by atoms with Crippen LogP contribution in [0.2, 0.25) is 0 Å². The van der Waals surface area contributed by atoms with Crippen molar-refractivity contribution in [2.45, 2.75) is 32.8 Å². The van der Waals surface area contributed by atoms with E-state index < -0.39 is 6.10 Å². The Morgan fingerprint density at radius 3 is 2.70 bits per heavy atom. The van der Waals surface area contributed by atoms with Crippen molar-refractivity contribution in [2.24, 2.45) is 0 Å². The largest absolute Gasteiger partial charge is 0.490 e. The van der Waals surface area contributed by atoms with Gasteiger partial charge in [0.2, 0.25) is 0 Å². The van der Waals surface area contributed by atoms with Gasteiger partial charge in [0.05, 0.1) is 18.8 Å². The van der Waals surface area contributed by atoms with Crippen molar-refractivity contribution < 1.29 is 19.0 Å². The maximum Gasteiger partial charge on any atom is 0.335 e. The molecule has 0 aliphatic carbocycles. The van der Waals surface area contributed by atoms with E-state index in [-0.39, 0.29) is 5.97 Å². The van der Waals surface area contributed by atoms with E-state index in [9.17, 15) is 4.79 Å². The van der Waals surface area contributed by atoms with Crippen LogP contribution in [0.5, 0.6) is 5.75 Å². The molecule has 0 spiro atoms. The summed E-state index contributed by atoms with van der Waals surface area (Å²) < 4.78 is 16.4. The van der Waals surface area contributed by atoms with E-state index in [1.54, 1.807) is 6.92 Å². The number of hydrogen-bond acceptors (Lipinski definition) is 6. The molecule has 6 nitrogen and oxygen atoms in total. The second-order valence-electron chi connectivity index (χ2n) is 7.18. The molecule has 0 saturated heterocycles. The molecule has 1 unspecified atom stereocenters. The first-order valence-electron chi connectivity index (χ1n) is 10.8. The fourth-order valence-corrected chi connectivity index (χ4v) is 3.58. The summed E-state index contributed by atoms with van der Waals surface area (Å²) in [6, 6.07) is 16.4. The summed E-state index contributed by atoms with van der Waals surface area (Å²) >= 11 is 0. The Balaban J connectivity index is 1.44. The van der Waals surface area contributed by atoms with Gasteiger partial charge in [-0.2, -0.15) is 0 Å². The zero-order valence-electron chi connectivity index (χ0n) is 17.9. The average Bonchev–Trinajstić information content (AvgIpc) is 2.77. The van der Waals surface area contributed by atoms with E-state index in [1.165, 1.54) is 5.69 Å². The fraction of sp³-hybridized carbons (Fsp3) is 0.458. The van der Waals surface area contributed by atoms with E-state index in [0.717, 1.165) is 49.7 Å². The number of esters is 1. The van der Waals surface area contributed by atoms with Crippen LogP contribution in [0.3, 0.4) is 0 Å². The smallest absolute Gasteiger partial charge is 0.335 e. The third-order valence-electron chi connectivity index (χ3n) is 5.05. The van der Waals surface area contributed by atoms with Crippen LogP contribution in [0.15, 0.2) is 48.5 Å². The molecule has 2 aromatic carbocycles. The molecule has 1 atom stereocenters. The molecule has 1 N–H and O–H groups in total. The lowest BCUT2D eigenvalue weighted by Crippen LogP contribution is -2.34. The fourth-order valence-electron chi connectivity index (χ4n) is 3.58. The molecule has 162 valence electrons. The molecule has 0 bridgehead atoms. The highest BCUT2D eigenvalue weighted by atomic mass is 16.6. The van der Waals surface area contributed by atoms with E-state index in [2.05, 4.69) is 22.3 Å². The topological polar surface area (TPSA) is 60.0 Å². The lowest BCUT2D eigenvalue weighted by atomic mass is 10.1. The summed E-state index contributed by atoms with van der Waals surface area (Å²) in [6.07, 6.45) is 1.000. The molecular formula is C24H32N2O4. The van der Waals surface area contributed by atoms with Crippen molar-refractivity contribution >= 4 is 17.3 Å². The van der Waals surface area contributed by atoms with Gasteiger partial charge in [0.1, 0.15) is 12.4 Å². The van der Waals surface area contributed by atoms with Gasteiger partial charge in [-0.1, -0.05) is 24.3 Å². The monoisotopic (exact) mass is 412 g/mol. The third kappa shape index (κ3) is 6.13. The van der Waals surface area contributed by atoms with Crippen molar-refractivity contribution in [3.63, 3.8) is 0 Å². The molecule has 2 aromatic rings. The van der Waals surface area contributed by atoms with Crippen LogP contribution in [0, 0.1) is 0 Å². The van der Waals surface area contributed by atoms with E-state index >= 15 is 0 Å². The number of nitrogens with one attached hydrogen (secondary N) is 1. The minimum atomic E-state index is -0.551. The Labute approximate surface area is 179 Å². The van der Waals surface area contributed by atoms with Gasteiger partial charge in [-0.25, -0.2) is 4.79 Å². The summed E-state index contributed by atoms with van der Waals surface area (Å²) in [4.78, 5) is 14.4. The highest BCUT2D eigenvalue weighted by Crippen LogP contribution is 2.30. The van der Waals surface area contributed by atoms with Crippen molar-refractivity contribution in [1.29, 1.82) is 0 Å². The Morgan fingerprint density at radius 2 is 1.93 bits per heavy atom. The highest BCUT2D eigenvalue weighted by Gasteiger charge is 2.20. The molecule has 3 rings (SSSR count). The number of nitrogens with zero attached hydrogens (tertiary/aromatic N) is 1. The number of benzene rings is 2. The van der Waals surface area contributed by atoms with Crippen molar-refractivity contribution in [1.82, 2.24) is 0 Å². The predicted octanol–water partition coefficient (Wildman–Crippen LogP) is 3.90. The van der Waals surface area contributed by atoms with Gasteiger partial charge in [-0.05, 0) is 50.1 Å². The first kappa shape index (κ1) is 22.0. The maximum atomic E-state index is 12.0. The minimum absolute atomic E-state index is 0.300. The van der Waals surface area contributed by atoms with Gasteiger partial charge in [0.15, 0.2) is 6.10 Å². The van der Waals surface area contributed by atoms with Crippen molar-refractivity contribution in [3.8, 4) is 5.75 Å². The lowest BCUT2D eigenvalue weighted by Gasteiger charge is -2.31. The standard InChI is InChI=1S/C24H32N2O4/c1-3-28-23(24(27)29-4-2)18-19-10-12-20(13-11-19)25-14-7-15-26-16-17-30-22-9-6-5-8-21(22)26/h5-6,8-13,23,25H,3-4,7,14-18H2,1-2H3. The number of rotatable bonds is 11.